The first-order chi connectivity index (χ1) is 18.1. The number of nitrogens with one attached hydrogen (secondary N) is 1. The van der Waals surface area contributed by atoms with Gasteiger partial charge in [-0.1, -0.05) is 64.2 Å². The van der Waals surface area contributed by atoms with Crippen LogP contribution in [0.15, 0.2) is 71.4 Å². The van der Waals surface area contributed by atoms with Gasteiger partial charge >= 0.3 is 0 Å². The molecule has 4 aromatic rings. The number of carbonyl (C=O) groups excluding carboxylic acids is 1. The third kappa shape index (κ3) is 5.83. The fourth-order valence-corrected chi connectivity index (χ4v) is 5.71. The van der Waals surface area contributed by atoms with Crippen molar-refractivity contribution in [2.75, 3.05) is 6.26 Å². The number of amides is 1. The number of hydrogen-bond donors (Lipinski definition) is 1. The van der Waals surface area contributed by atoms with E-state index in [1.165, 1.54) is 6.26 Å². The molecule has 2 atom stereocenters. The molecule has 2 unspecified atom stereocenters. The van der Waals surface area contributed by atoms with E-state index in [1.807, 2.05) is 29.0 Å². The molecule has 1 N–H and O–H groups in total. The summed E-state index contributed by atoms with van der Waals surface area (Å²) in [4.78, 5) is 12.0. The Balaban J connectivity index is 1.24. The lowest BCUT2D eigenvalue weighted by Crippen LogP contribution is -2.29. The molecule has 38 heavy (non-hydrogen) atoms. The van der Waals surface area contributed by atoms with Gasteiger partial charge in [-0.3, -0.25) is 4.79 Å². The van der Waals surface area contributed by atoms with E-state index in [0.29, 0.717) is 37.6 Å². The average Bonchev–Trinajstić information content (AvgIpc) is 3.51. The number of aromatic nitrogens is 1. The van der Waals surface area contributed by atoms with Gasteiger partial charge in [0, 0.05) is 16.1 Å². The highest BCUT2D eigenvalue weighted by atomic mass is 35.5. The molecule has 1 amide bonds. The topological polar surface area (TPSA) is 98.5 Å². The Morgan fingerprint density at radius 3 is 2.39 bits per heavy atom. The third-order valence-electron chi connectivity index (χ3n) is 6.28. The van der Waals surface area contributed by atoms with Gasteiger partial charge in [0.1, 0.15) is 24.3 Å². The van der Waals surface area contributed by atoms with Gasteiger partial charge in [0.2, 0.25) is 10.0 Å². The molecule has 0 radical (unpaired) electrons. The monoisotopic (exact) mass is 590 g/mol. The van der Waals surface area contributed by atoms with Crippen molar-refractivity contribution in [3.05, 3.63) is 104 Å². The predicted octanol–water partition coefficient (Wildman–Crippen LogP) is 6.84. The Morgan fingerprint density at radius 1 is 1.03 bits per heavy atom. The van der Waals surface area contributed by atoms with E-state index in [0.717, 1.165) is 23.8 Å². The molecule has 0 spiro atoms. The molecule has 0 bridgehead atoms. The SMILES string of the molecule is CS(=O)(=O)NC(=O)c1ccc(C2CC2c2ccc(OCc3conc3-c3c(Cl)cccc3Cl)cc2Cl)cc1. The number of ether oxygens (including phenoxy) is 1. The highest BCUT2D eigenvalue weighted by molar-refractivity contribution is 7.89. The van der Waals surface area contributed by atoms with E-state index in [4.69, 9.17) is 44.1 Å². The molecule has 1 aromatic heterocycles. The van der Waals surface area contributed by atoms with Gasteiger partial charge in [-0.25, -0.2) is 13.1 Å². The van der Waals surface area contributed by atoms with Crippen molar-refractivity contribution >= 4 is 50.7 Å². The van der Waals surface area contributed by atoms with Gasteiger partial charge in [0.25, 0.3) is 5.91 Å². The number of benzene rings is 3. The highest BCUT2D eigenvalue weighted by Crippen LogP contribution is 2.56. The van der Waals surface area contributed by atoms with Crippen LogP contribution >= 0.6 is 34.8 Å². The third-order valence-corrected chi connectivity index (χ3v) is 7.79. The molecule has 1 aliphatic carbocycles. The maximum Gasteiger partial charge on any atom is 0.264 e. The second-order valence-corrected chi connectivity index (χ2v) is 12.0. The Hall–Kier alpha value is -3.04. The summed E-state index contributed by atoms with van der Waals surface area (Å²) in [7, 11) is -3.62. The summed E-state index contributed by atoms with van der Waals surface area (Å²) in [6, 6.07) is 17.8. The van der Waals surface area contributed by atoms with Crippen molar-refractivity contribution in [1.82, 2.24) is 9.88 Å². The fraction of sp³-hybridized carbons (Fsp3) is 0.185. The van der Waals surface area contributed by atoms with Gasteiger partial charge < -0.3 is 9.26 Å². The van der Waals surface area contributed by atoms with E-state index >= 15 is 0 Å². The normalized spacial score (nSPS) is 16.7. The van der Waals surface area contributed by atoms with Gasteiger partial charge in [-0.05, 0) is 65.8 Å². The Kier molecular flexibility index (Phi) is 7.42. The lowest BCUT2D eigenvalue weighted by Gasteiger charge is -2.10. The van der Waals surface area contributed by atoms with Crippen molar-refractivity contribution < 1.29 is 22.5 Å². The summed E-state index contributed by atoms with van der Waals surface area (Å²) in [5.74, 6) is 0.429. The predicted molar refractivity (Wildman–Crippen MR) is 147 cm³/mol. The van der Waals surface area contributed by atoms with Crippen LogP contribution in [0.5, 0.6) is 5.75 Å². The molecular weight excluding hydrogens is 571 g/mol. The summed E-state index contributed by atoms with van der Waals surface area (Å²) in [6.45, 7) is 0.182. The van der Waals surface area contributed by atoms with Crippen LogP contribution in [-0.4, -0.2) is 25.7 Å². The van der Waals surface area contributed by atoms with Gasteiger partial charge in [0.15, 0.2) is 0 Å². The van der Waals surface area contributed by atoms with Crippen LogP contribution in [-0.2, 0) is 16.6 Å². The van der Waals surface area contributed by atoms with Gasteiger partial charge in [-0.2, -0.15) is 0 Å². The van der Waals surface area contributed by atoms with Crippen LogP contribution in [0.3, 0.4) is 0 Å². The number of sulfonamides is 1. The largest absolute Gasteiger partial charge is 0.489 e. The van der Waals surface area contributed by atoms with Crippen LogP contribution in [0, 0.1) is 0 Å². The molecule has 1 aliphatic rings. The second kappa shape index (κ2) is 10.6. The summed E-state index contributed by atoms with van der Waals surface area (Å²) in [5.41, 5.74) is 4.14. The van der Waals surface area contributed by atoms with Crippen LogP contribution < -0.4 is 9.46 Å². The molecule has 0 aliphatic heterocycles. The van der Waals surface area contributed by atoms with Crippen LogP contribution in [0.2, 0.25) is 15.1 Å². The lowest BCUT2D eigenvalue weighted by molar-refractivity contribution is 0.0981. The van der Waals surface area contributed by atoms with E-state index in [2.05, 4.69) is 5.16 Å². The van der Waals surface area contributed by atoms with Crippen LogP contribution in [0.1, 0.15) is 45.3 Å². The van der Waals surface area contributed by atoms with Crippen LogP contribution in [0.4, 0.5) is 0 Å². The zero-order valence-electron chi connectivity index (χ0n) is 20.0. The molecule has 5 rings (SSSR count). The zero-order chi connectivity index (χ0) is 27.0. The van der Waals surface area contributed by atoms with Crippen molar-refractivity contribution in [2.24, 2.45) is 0 Å². The minimum atomic E-state index is -3.62. The number of hydrogen-bond acceptors (Lipinski definition) is 6. The maximum absolute atomic E-state index is 12.0. The quantitative estimate of drug-likeness (QED) is 0.241. The first-order valence-corrected chi connectivity index (χ1v) is 14.5. The van der Waals surface area contributed by atoms with Gasteiger partial charge in [-0.15, -0.1) is 0 Å². The smallest absolute Gasteiger partial charge is 0.264 e. The first kappa shape index (κ1) is 26.6. The molecule has 1 fully saturated rings. The lowest BCUT2D eigenvalue weighted by atomic mass is 10.0. The number of rotatable bonds is 8. The minimum absolute atomic E-state index is 0.182. The number of nitrogens with zero attached hydrogens (tertiary/aromatic N) is 1. The second-order valence-electron chi connectivity index (χ2n) is 9.03. The van der Waals surface area contributed by atoms with E-state index in [9.17, 15) is 13.2 Å². The standard InChI is InChI=1S/C27H21Cl3N2O5S/c1-38(34,35)32-27(33)16-7-5-15(6-8-16)20-12-21(20)19-10-9-18(11-24(19)30)36-13-17-14-37-31-26(17)25-22(28)3-2-4-23(25)29/h2-11,14,20-21H,12-13H2,1H3,(H,32,33). The van der Waals surface area contributed by atoms with Crippen molar-refractivity contribution in [3.8, 4) is 17.0 Å². The Bertz CT molecular complexity index is 1600. The van der Waals surface area contributed by atoms with Gasteiger partial charge in [0.05, 0.1) is 21.9 Å². The fourth-order valence-electron chi connectivity index (χ4n) is 4.37. The molecule has 1 saturated carbocycles. The molecule has 3 aromatic carbocycles. The summed E-state index contributed by atoms with van der Waals surface area (Å²) in [5, 5.41) is 5.58. The number of halogens is 3. The highest BCUT2D eigenvalue weighted by Gasteiger charge is 2.40. The number of carbonyl (C=O) groups is 1. The van der Waals surface area contributed by atoms with E-state index in [1.54, 1.807) is 36.4 Å². The summed E-state index contributed by atoms with van der Waals surface area (Å²) < 4.78 is 35.6. The zero-order valence-corrected chi connectivity index (χ0v) is 23.0. The maximum atomic E-state index is 12.0. The first-order valence-electron chi connectivity index (χ1n) is 11.5. The van der Waals surface area contributed by atoms with Crippen molar-refractivity contribution in [3.63, 3.8) is 0 Å². The molecule has 196 valence electrons. The van der Waals surface area contributed by atoms with Crippen molar-refractivity contribution in [2.45, 2.75) is 24.9 Å². The molecule has 1 heterocycles. The molecule has 0 saturated heterocycles. The Morgan fingerprint density at radius 2 is 1.74 bits per heavy atom. The summed E-state index contributed by atoms with van der Waals surface area (Å²) >= 11 is 19.3. The molecular formula is C27H21Cl3N2O5S. The van der Waals surface area contributed by atoms with E-state index in [-0.39, 0.29) is 24.0 Å². The minimum Gasteiger partial charge on any atom is -0.489 e. The average molecular weight is 592 g/mol. The van der Waals surface area contributed by atoms with Crippen LogP contribution in [0.25, 0.3) is 11.3 Å². The molecule has 11 heteroatoms. The van der Waals surface area contributed by atoms with Crippen molar-refractivity contribution in [1.29, 1.82) is 0 Å². The molecule has 7 nitrogen and oxygen atoms in total. The summed E-state index contributed by atoms with van der Waals surface area (Å²) in [6.07, 6.45) is 3.35. The Labute approximate surface area is 234 Å². The van der Waals surface area contributed by atoms with E-state index < -0.39 is 15.9 Å².